The molecule has 0 saturated carbocycles. The van der Waals surface area contributed by atoms with E-state index in [9.17, 15) is 18.4 Å². The topological polar surface area (TPSA) is 104 Å². The molecule has 0 spiro atoms. The SMILES string of the molecule is CCNC(=NCCCc1nn(-c2ccc(C)cc2)c(N)c1C#N)NCCC(F)(F)F.I. The number of aromatic nitrogens is 2. The highest BCUT2D eigenvalue weighted by atomic mass is 127. The van der Waals surface area contributed by atoms with Crippen LogP contribution in [0.25, 0.3) is 5.69 Å². The number of alkyl halides is 3. The van der Waals surface area contributed by atoms with E-state index in [1.54, 1.807) is 4.68 Å². The van der Waals surface area contributed by atoms with Crippen LogP contribution in [0.1, 0.15) is 36.6 Å². The van der Waals surface area contributed by atoms with E-state index in [0.717, 1.165) is 11.3 Å². The van der Waals surface area contributed by atoms with Crippen LogP contribution in [0.2, 0.25) is 0 Å². The maximum atomic E-state index is 12.3. The third-order valence-corrected chi connectivity index (χ3v) is 4.27. The lowest BCUT2D eigenvalue weighted by Gasteiger charge is -2.12. The zero-order chi connectivity index (χ0) is 22.1. The quantitative estimate of drug-likeness (QED) is 0.202. The first-order valence-corrected chi connectivity index (χ1v) is 9.68. The zero-order valence-electron chi connectivity index (χ0n) is 17.5. The van der Waals surface area contributed by atoms with E-state index >= 15 is 0 Å². The number of benzene rings is 1. The molecule has 0 fully saturated rings. The first-order chi connectivity index (χ1) is 14.2. The largest absolute Gasteiger partial charge is 0.390 e. The van der Waals surface area contributed by atoms with Crippen LogP contribution in [0.3, 0.4) is 0 Å². The molecule has 4 N–H and O–H groups in total. The fraction of sp³-hybridized carbons (Fsp3) is 0.450. The van der Waals surface area contributed by atoms with Gasteiger partial charge >= 0.3 is 6.18 Å². The summed E-state index contributed by atoms with van der Waals surface area (Å²) in [5, 5.41) is 19.5. The van der Waals surface area contributed by atoms with Crippen molar-refractivity contribution in [1.82, 2.24) is 20.4 Å². The second-order valence-corrected chi connectivity index (χ2v) is 6.72. The van der Waals surface area contributed by atoms with E-state index in [2.05, 4.69) is 26.8 Å². The van der Waals surface area contributed by atoms with Crippen LogP contribution in [-0.4, -0.2) is 41.6 Å². The van der Waals surface area contributed by atoms with E-state index in [-0.39, 0.29) is 36.3 Å². The number of halogens is 4. The van der Waals surface area contributed by atoms with Crippen LogP contribution in [0.5, 0.6) is 0 Å². The van der Waals surface area contributed by atoms with Crippen LogP contribution in [0.15, 0.2) is 29.3 Å². The van der Waals surface area contributed by atoms with Crippen molar-refractivity contribution < 1.29 is 13.2 Å². The number of anilines is 1. The molecule has 0 radical (unpaired) electrons. The van der Waals surface area contributed by atoms with Crippen LogP contribution < -0.4 is 16.4 Å². The second-order valence-electron chi connectivity index (χ2n) is 6.72. The lowest BCUT2D eigenvalue weighted by atomic mass is 10.1. The summed E-state index contributed by atoms with van der Waals surface area (Å²) in [4.78, 5) is 4.28. The van der Waals surface area contributed by atoms with Gasteiger partial charge in [0.2, 0.25) is 0 Å². The Morgan fingerprint density at radius 1 is 1.26 bits per heavy atom. The molecule has 0 bridgehead atoms. The zero-order valence-corrected chi connectivity index (χ0v) is 19.8. The highest BCUT2D eigenvalue weighted by molar-refractivity contribution is 14.0. The van der Waals surface area contributed by atoms with Crippen LogP contribution in [-0.2, 0) is 6.42 Å². The number of nitrogens with two attached hydrogens (primary N) is 1. The van der Waals surface area contributed by atoms with Crippen molar-refractivity contribution >= 4 is 35.8 Å². The van der Waals surface area contributed by atoms with Crippen LogP contribution >= 0.6 is 24.0 Å². The summed E-state index contributed by atoms with van der Waals surface area (Å²) in [6, 6.07) is 9.73. The monoisotopic (exact) mass is 549 g/mol. The maximum Gasteiger partial charge on any atom is 0.390 e. The molecule has 0 saturated heterocycles. The van der Waals surface area contributed by atoms with Gasteiger partial charge in [-0.3, -0.25) is 4.99 Å². The minimum atomic E-state index is -4.21. The summed E-state index contributed by atoms with van der Waals surface area (Å²) in [7, 11) is 0. The normalized spacial score (nSPS) is 11.5. The molecular weight excluding hydrogens is 522 g/mol. The van der Waals surface area contributed by atoms with Crippen LogP contribution in [0, 0.1) is 18.3 Å². The summed E-state index contributed by atoms with van der Waals surface area (Å²) < 4.78 is 38.4. The summed E-state index contributed by atoms with van der Waals surface area (Å²) in [6.07, 6.45) is -4.11. The number of rotatable bonds is 8. The molecule has 7 nitrogen and oxygen atoms in total. The third-order valence-electron chi connectivity index (χ3n) is 4.27. The number of nitriles is 1. The number of nitrogen functional groups attached to an aromatic ring is 1. The molecule has 1 aromatic heterocycles. The van der Waals surface area contributed by atoms with Gasteiger partial charge in [0, 0.05) is 19.6 Å². The number of nitrogens with zero attached hydrogens (tertiary/aromatic N) is 4. The lowest BCUT2D eigenvalue weighted by molar-refractivity contribution is -0.132. The molecule has 1 aromatic carbocycles. The highest BCUT2D eigenvalue weighted by Gasteiger charge is 2.26. The van der Waals surface area contributed by atoms with E-state index in [1.165, 1.54) is 0 Å². The Balaban J connectivity index is 0.00000480. The average Bonchev–Trinajstić information content (AvgIpc) is 3.00. The summed E-state index contributed by atoms with van der Waals surface area (Å²) in [6.45, 7) is 4.46. The van der Waals surface area contributed by atoms with E-state index in [1.807, 2.05) is 38.1 Å². The van der Waals surface area contributed by atoms with E-state index < -0.39 is 12.6 Å². The van der Waals surface area contributed by atoms with Crippen molar-refractivity contribution in [3.05, 3.63) is 41.1 Å². The third kappa shape index (κ3) is 8.28. The smallest absolute Gasteiger partial charge is 0.382 e. The van der Waals surface area contributed by atoms with Gasteiger partial charge in [0.05, 0.1) is 17.8 Å². The number of aryl methyl sites for hydroxylation is 2. The van der Waals surface area contributed by atoms with Gasteiger partial charge in [0.25, 0.3) is 0 Å². The second kappa shape index (κ2) is 12.4. The summed E-state index contributed by atoms with van der Waals surface area (Å²) >= 11 is 0. The number of hydrogen-bond acceptors (Lipinski definition) is 4. The van der Waals surface area contributed by atoms with Crippen molar-refractivity contribution in [3.8, 4) is 11.8 Å². The van der Waals surface area contributed by atoms with Gasteiger partial charge in [-0.15, -0.1) is 24.0 Å². The van der Waals surface area contributed by atoms with Crippen molar-refractivity contribution in [1.29, 1.82) is 5.26 Å². The number of guanidine groups is 1. The first kappa shape index (κ1) is 26.5. The number of hydrogen-bond donors (Lipinski definition) is 3. The number of nitrogens with one attached hydrogen (secondary N) is 2. The molecular formula is C20H27F3IN7. The van der Waals surface area contributed by atoms with Gasteiger partial charge in [0.15, 0.2) is 5.96 Å². The standard InChI is InChI=1S/C20H26F3N7.HI/c1-3-26-19(28-12-10-20(21,22)23)27-11-4-5-17-16(13-24)18(25)30(29-17)15-8-6-14(2)7-9-15;/h6-9H,3-5,10-12,25H2,1-2H3,(H2,26,27,28);1H. The molecule has 31 heavy (non-hydrogen) atoms. The van der Waals surface area contributed by atoms with E-state index in [0.29, 0.717) is 43.1 Å². The summed E-state index contributed by atoms with van der Waals surface area (Å²) in [5.74, 6) is 0.606. The van der Waals surface area contributed by atoms with Crippen molar-refractivity contribution in [2.45, 2.75) is 39.3 Å². The Labute approximate surface area is 196 Å². The lowest BCUT2D eigenvalue weighted by Crippen LogP contribution is -2.39. The molecule has 0 amide bonds. The van der Waals surface area contributed by atoms with Gasteiger partial charge in [-0.05, 0) is 38.8 Å². The predicted octanol–water partition coefficient (Wildman–Crippen LogP) is 3.69. The molecule has 0 atom stereocenters. The fourth-order valence-electron chi connectivity index (χ4n) is 2.76. The molecule has 2 aromatic rings. The maximum absolute atomic E-state index is 12.3. The molecule has 0 aliphatic rings. The first-order valence-electron chi connectivity index (χ1n) is 9.68. The highest BCUT2D eigenvalue weighted by Crippen LogP contribution is 2.22. The molecule has 2 rings (SSSR count). The Morgan fingerprint density at radius 3 is 2.52 bits per heavy atom. The van der Waals surface area contributed by atoms with Gasteiger partial charge in [-0.1, -0.05) is 17.7 Å². The molecule has 0 unspecified atom stereocenters. The van der Waals surface area contributed by atoms with Crippen molar-refractivity contribution in [2.24, 2.45) is 4.99 Å². The Hall–Kier alpha value is -2.49. The minimum absolute atomic E-state index is 0. The fourth-order valence-corrected chi connectivity index (χ4v) is 2.76. The number of aliphatic imine (C=N–C) groups is 1. The van der Waals surface area contributed by atoms with Gasteiger partial charge in [-0.25, -0.2) is 4.68 Å². The summed E-state index contributed by atoms with van der Waals surface area (Å²) in [5.41, 5.74) is 8.87. The Morgan fingerprint density at radius 2 is 1.94 bits per heavy atom. The molecule has 0 aliphatic carbocycles. The van der Waals surface area contributed by atoms with Crippen LogP contribution in [0.4, 0.5) is 19.0 Å². The minimum Gasteiger partial charge on any atom is -0.382 e. The molecule has 0 aliphatic heterocycles. The molecule has 11 heteroatoms. The predicted molar refractivity (Wildman–Crippen MR) is 126 cm³/mol. The van der Waals surface area contributed by atoms with E-state index in [4.69, 9.17) is 5.73 Å². The Kier molecular flexibility index (Phi) is 10.6. The molecule has 170 valence electrons. The Bertz CT molecular complexity index is 899. The van der Waals surface area contributed by atoms with Gasteiger partial charge < -0.3 is 16.4 Å². The van der Waals surface area contributed by atoms with Gasteiger partial charge in [0.1, 0.15) is 17.5 Å². The van der Waals surface area contributed by atoms with Crippen molar-refractivity contribution in [2.75, 3.05) is 25.4 Å². The molecule has 1 heterocycles. The van der Waals surface area contributed by atoms with Gasteiger partial charge in [-0.2, -0.15) is 23.5 Å². The van der Waals surface area contributed by atoms with Crippen molar-refractivity contribution in [3.63, 3.8) is 0 Å². The average molecular weight is 549 g/mol.